The van der Waals surface area contributed by atoms with E-state index in [0.29, 0.717) is 19.6 Å². The van der Waals surface area contributed by atoms with Gasteiger partial charge in [-0.2, -0.15) is 5.10 Å². The van der Waals surface area contributed by atoms with Crippen LogP contribution in [0.1, 0.15) is 23.9 Å². The third kappa shape index (κ3) is 2.82. The Kier molecular flexibility index (Phi) is 4.39. The molecule has 2 N–H and O–H groups in total. The molecule has 20 heavy (non-hydrogen) atoms. The first-order chi connectivity index (χ1) is 9.56. The topological polar surface area (TPSA) is 66.0 Å². The van der Waals surface area contributed by atoms with Gasteiger partial charge in [0.05, 0.1) is 6.61 Å². The van der Waals surface area contributed by atoms with Crippen LogP contribution in [0.3, 0.4) is 0 Å². The molecule has 1 aromatic carbocycles. The molecule has 2 rings (SSSR count). The molecule has 0 amide bonds. The molecule has 2 aromatic rings. The number of rotatable bonds is 5. The van der Waals surface area contributed by atoms with Crippen molar-refractivity contribution >= 4 is 0 Å². The monoisotopic (exact) mass is 274 g/mol. The van der Waals surface area contributed by atoms with Crippen molar-refractivity contribution in [3.63, 3.8) is 0 Å². The summed E-state index contributed by atoms with van der Waals surface area (Å²) >= 11 is 0. The van der Waals surface area contributed by atoms with E-state index in [-0.39, 0.29) is 0 Å². The van der Waals surface area contributed by atoms with Crippen LogP contribution in [0.4, 0.5) is 0 Å². The molecule has 0 fully saturated rings. The summed E-state index contributed by atoms with van der Waals surface area (Å²) in [7, 11) is 1.91. The Morgan fingerprint density at radius 1 is 1.25 bits per heavy atom. The fourth-order valence-electron chi connectivity index (χ4n) is 2.25. The van der Waals surface area contributed by atoms with Crippen molar-refractivity contribution in [1.82, 2.24) is 14.8 Å². The second kappa shape index (κ2) is 6.05. The van der Waals surface area contributed by atoms with Gasteiger partial charge in [0, 0.05) is 19.0 Å². The maximum absolute atomic E-state index is 5.62. The van der Waals surface area contributed by atoms with Crippen LogP contribution in [-0.2, 0) is 13.5 Å². The second-order valence-corrected chi connectivity index (χ2v) is 4.88. The fraction of sp³-hybridized carbons (Fsp3) is 0.467. The average molecular weight is 274 g/mol. The van der Waals surface area contributed by atoms with Crippen molar-refractivity contribution in [2.75, 3.05) is 13.2 Å². The normalized spacial score (nSPS) is 10.8. The molecule has 108 valence electrons. The van der Waals surface area contributed by atoms with Crippen LogP contribution in [0.25, 0.3) is 11.4 Å². The highest BCUT2D eigenvalue weighted by Gasteiger charge is 2.13. The maximum Gasteiger partial charge on any atom is 0.158 e. The lowest BCUT2D eigenvalue weighted by molar-refractivity contribution is 0.337. The van der Waals surface area contributed by atoms with Crippen LogP contribution in [0.15, 0.2) is 12.1 Å². The SMILES string of the molecule is CCOc1cc(C)c(-c2nc(CCN)nn2C)cc1C. The van der Waals surface area contributed by atoms with E-state index >= 15 is 0 Å². The first kappa shape index (κ1) is 14.5. The van der Waals surface area contributed by atoms with Crippen molar-refractivity contribution in [2.45, 2.75) is 27.2 Å². The summed E-state index contributed by atoms with van der Waals surface area (Å²) in [5, 5.41) is 4.40. The minimum absolute atomic E-state index is 0.560. The van der Waals surface area contributed by atoms with Crippen molar-refractivity contribution in [3.05, 3.63) is 29.1 Å². The van der Waals surface area contributed by atoms with Gasteiger partial charge in [-0.3, -0.25) is 0 Å². The molecule has 0 radical (unpaired) electrons. The Balaban J connectivity index is 2.44. The summed E-state index contributed by atoms with van der Waals surface area (Å²) in [6.45, 7) is 7.33. The Morgan fingerprint density at radius 3 is 2.65 bits per heavy atom. The Bertz CT molecular complexity index is 604. The summed E-state index contributed by atoms with van der Waals surface area (Å²) in [6, 6.07) is 4.17. The summed E-state index contributed by atoms with van der Waals surface area (Å²) in [5.41, 5.74) is 8.89. The van der Waals surface area contributed by atoms with E-state index in [1.165, 1.54) is 0 Å². The van der Waals surface area contributed by atoms with Gasteiger partial charge in [0.2, 0.25) is 0 Å². The second-order valence-electron chi connectivity index (χ2n) is 4.88. The molecule has 1 aromatic heterocycles. The highest BCUT2D eigenvalue weighted by Crippen LogP contribution is 2.29. The zero-order valence-corrected chi connectivity index (χ0v) is 12.6. The van der Waals surface area contributed by atoms with Gasteiger partial charge in [-0.15, -0.1) is 0 Å². The van der Waals surface area contributed by atoms with Crippen molar-refractivity contribution in [3.8, 4) is 17.1 Å². The average Bonchev–Trinajstić information content (AvgIpc) is 2.75. The number of benzene rings is 1. The molecule has 0 bridgehead atoms. The van der Waals surface area contributed by atoms with Gasteiger partial charge in [-0.1, -0.05) is 0 Å². The highest BCUT2D eigenvalue weighted by molar-refractivity contribution is 5.63. The molecule has 0 atom stereocenters. The van der Waals surface area contributed by atoms with Gasteiger partial charge in [0.15, 0.2) is 11.6 Å². The first-order valence-corrected chi connectivity index (χ1v) is 6.91. The molecule has 0 unspecified atom stereocenters. The Labute approximate surface area is 119 Å². The van der Waals surface area contributed by atoms with Gasteiger partial charge in [-0.25, -0.2) is 9.67 Å². The van der Waals surface area contributed by atoms with E-state index in [1.54, 1.807) is 0 Å². The number of ether oxygens (including phenoxy) is 1. The van der Waals surface area contributed by atoms with E-state index in [2.05, 4.69) is 29.1 Å². The number of nitrogens with zero attached hydrogens (tertiary/aromatic N) is 3. The molecule has 0 aliphatic rings. The minimum atomic E-state index is 0.560. The molecule has 1 heterocycles. The molecule has 0 spiro atoms. The van der Waals surface area contributed by atoms with Crippen LogP contribution >= 0.6 is 0 Å². The minimum Gasteiger partial charge on any atom is -0.494 e. The van der Waals surface area contributed by atoms with E-state index < -0.39 is 0 Å². The van der Waals surface area contributed by atoms with E-state index in [9.17, 15) is 0 Å². The highest BCUT2D eigenvalue weighted by atomic mass is 16.5. The predicted octanol–water partition coefficient (Wildman–Crippen LogP) is 2.00. The zero-order chi connectivity index (χ0) is 14.7. The zero-order valence-electron chi connectivity index (χ0n) is 12.6. The molecule has 0 aliphatic heterocycles. The first-order valence-electron chi connectivity index (χ1n) is 6.91. The lowest BCUT2D eigenvalue weighted by Gasteiger charge is -2.11. The third-order valence-electron chi connectivity index (χ3n) is 3.24. The standard InChI is InChI=1S/C15H22N4O/c1-5-20-13-9-10(2)12(8-11(13)3)15-17-14(6-7-16)18-19(15)4/h8-9H,5-7,16H2,1-4H3. The van der Waals surface area contributed by atoms with Crippen LogP contribution in [0.5, 0.6) is 5.75 Å². The fourth-order valence-corrected chi connectivity index (χ4v) is 2.25. The van der Waals surface area contributed by atoms with Crippen LogP contribution in [0, 0.1) is 13.8 Å². The summed E-state index contributed by atoms with van der Waals surface area (Å²) in [6.07, 6.45) is 0.697. The van der Waals surface area contributed by atoms with E-state index in [1.807, 2.05) is 25.6 Å². The van der Waals surface area contributed by atoms with Crippen LogP contribution < -0.4 is 10.5 Å². The maximum atomic E-state index is 5.62. The number of aryl methyl sites for hydroxylation is 3. The molecule has 5 heteroatoms. The molecule has 0 aliphatic carbocycles. The van der Waals surface area contributed by atoms with Crippen molar-refractivity contribution < 1.29 is 4.74 Å². The van der Waals surface area contributed by atoms with Gasteiger partial charge in [-0.05, 0) is 50.6 Å². The summed E-state index contributed by atoms with van der Waals surface area (Å²) in [4.78, 5) is 4.58. The molecular weight excluding hydrogens is 252 g/mol. The molecule has 0 saturated heterocycles. The van der Waals surface area contributed by atoms with Gasteiger partial charge < -0.3 is 10.5 Å². The van der Waals surface area contributed by atoms with E-state index in [4.69, 9.17) is 10.5 Å². The summed E-state index contributed by atoms with van der Waals surface area (Å²) < 4.78 is 7.44. The number of hydrogen-bond donors (Lipinski definition) is 1. The lowest BCUT2D eigenvalue weighted by atomic mass is 10.0. The van der Waals surface area contributed by atoms with Gasteiger partial charge in [0.1, 0.15) is 5.75 Å². The third-order valence-corrected chi connectivity index (χ3v) is 3.24. The molecular formula is C15H22N4O. The van der Waals surface area contributed by atoms with Crippen LogP contribution in [0.2, 0.25) is 0 Å². The van der Waals surface area contributed by atoms with Crippen LogP contribution in [-0.4, -0.2) is 27.9 Å². The number of hydrogen-bond acceptors (Lipinski definition) is 4. The smallest absolute Gasteiger partial charge is 0.158 e. The number of nitrogens with two attached hydrogens (primary N) is 1. The van der Waals surface area contributed by atoms with Gasteiger partial charge >= 0.3 is 0 Å². The van der Waals surface area contributed by atoms with Gasteiger partial charge in [0.25, 0.3) is 0 Å². The number of aromatic nitrogens is 3. The predicted molar refractivity (Wildman–Crippen MR) is 79.8 cm³/mol. The largest absolute Gasteiger partial charge is 0.494 e. The lowest BCUT2D eigenvalue weighted by Crippen LogP contribution is -2.04. The summed E-state index contributed by atoms with van der Waals surface area (Å²) in [5.74, 6) is 2.59. The Morgan fingerprint density at radius 2 is 2.00 bits per heavy atom. The van der Waals surface area contributed by atoms with Crippen molar-refractivity contribution in [2.24, 2.45) is 12.8 Å². The molecule has 0 saturated carbocycles. The Hall–Kier alpha value is -1.88. The van der Waals surface area contributed by atoms with Crippen molar-refractivity contribution in [1.29, 1.82) is 0 Å². The van der Waals surface area contributed by atoms with E-state index in [0.717, 1.165) is 34.1 Å². The quantitative estimate of drug-likeness (QED) is 0.905. The molecule has 5 nitrogen and oxygen atoms in total.